The number of carbonyl (C=O) groups is 2. The van der Waals surface area contributed by atoms with Crippen LogP contribution in [0.2, 0.25) is 0 Å². The molecule has 2 heterocycles. The number of fused-ring (bicyclic) bond motifs is 1. The summed E-state index contributed by atoms with van der Waals surface area (Å²) in [6, 6.07) is 15.0. The lowest BCUT2D eigenvalue weighted by atomic mass is 10.1. The first-order valence-corrected chi connectivity index (χ1v) is 9.93. The second-order valence-corrected chi connectivity index (χ2v) is 7.36. The molecule has 29 heavy (non-hydrogen) atoms. The summed E-state index contributed by atoms with van der Waals surface area (Å²) < 4.78 is 0. The number of amides is 2. The average Bonchev–Trinajstić information content (AvgIpc) is 2.74. The first-order chi connectivity index (χ1) is 14.1. The lowest BCUT2D eigenvalue weighted by Crippen LogP contribution is -2.30. The van der Waals surface area contributed by atoms with Crippen molar-refractivity contribution in [1.82, 2.24) is 4.98 Å². The van der Waals surface area contributed by atoms with Gasteiger partial charge in [-0.1, -0.05) is 24.3 Å². The smallest absolute Gasteiger partial charge is 0.248 e. The fraction of sp³-hybridized carbons (Fsp3) is 0.261. The van der Waals surface area contributed by atoms with Crippen molar-refractivity contribution in [1.29, 1.82) is 0 Å². The molecule has 0 spiro atoms. The van der Waals surface area contributed by atoms with E-state index in [1.807, 2.05) is 36.4 Å². The Morgan fingerprint density at radius 3 is 2.62 bits per heavy atom. The molecule has 0 bridgehead atoms. The minimum absolute atomic E-state index is 0.150. The number of nitrogens with two attached hydrogens (primary N) is 1. The normalized spacial score (nSPS) is 14.0. The molecular weight excluding hydrogens is 364 g/mol. The van der Waals surface area contributed by atoms with Crippen molar-refractivity contribution in [2.45, 2.75) is 25.7 Å². The average molecular weight is 388 g/mol. The van der Waals surface area contributed by atoms with Crippen molar-refractivity contribution in [2.24, 2.45) is 5.73 Å². The van der Waals surface area contributed by atoms with Gasteiger partial charge < -0.3 is 16.0 Å². The predicted octanol–water partition coefficient (Wildman–Crippen LogP) is 3.51. The van der Waals surface area contributed by atoms with Gasteiger partial charge in [-0.15, -0.1) is 0 Å². The van der Waals surface area contributed by atoms with E-state index < -0.39 is 5.91 Å². The van der Waals surface area contributed by atoms with E-state index in [1.165, 1.54) is 6.42 Å². The number of rotatable bonds is 5. The summed E-state index contributed by atoms with van der Waals surface area (Å²) in [5, 5.41) is 4.00. The van der Waals surface area contributed by atoms with Crippen LogP contribution in [0.15, 0.2) is 54.7 Å². The van der Waals surface area contributed by atoms with Crippen LogP contribution < -0.4 is 16.0 Å². The van der Waals surface area contributed by atoms with Gasteiger partial charge in [-0.3, -0.25) is 14.6 Å². The lowest BCUT2D eigenvalue weighted by molar-refractivity contribution is -0.115. The van der Waals surface area contributed by atoms with Gasteiger partial charge in [0.25, 0.3) is 0 Å². The fourth-order valence-electron chi connectivity index (χ4n) is 3.88. The van der Waals surface area contributed by atoms with E-state index in [0.29, 0.717) is 11.3 Å². The Balaban J connectivity index is 1.60. The summed E-state index contributed by atoms with van der Waals surface area (Å²) in [4.78, 5) is 31.2. The zero-order valence-electron chi connectivity index (χ0n) is 16.2. The zero-order valence-corrected chi connectivity index (χ0v) is 16.2. The van der Waals surface area contributed by atoms with E-state index in [-0.39, 0.29) is 12.3 Å². The maximum absolute atomic E-state index is 12.9. The molecule has 0 radical (unpaired) electrons. The highest BCUT2D eigenvalue weighted by atomic mass is 16.2. The molecule has 1 aliphatic heterocycles. The minimum Gasteiger partial charge on any atom is -0.370 e. The molecule has 0 aliphatic carbocycles. The summed E-state index contributed by atoms with van der Waals surface area (Å²) in [6.45, 7) is 1.87. The quantitative estimate of drug-likeness (QED) is 0.700. The number of carbonyl (C=O) groups excluding carboxylic acids is 2. The van der Waals surface area contributed by atoms with Crippen LogP contribution in [0.25, 0.3) is 10.9 Å². The van der Waals surface area contributed by atoms with Crippen molar-refractivity contribution >= 4 is 34.1 Å². The van der Waals surface area contributed by atoms with Gasteiger partial charge in [-0.05, 0) is 49.1 Å². The van der Waals surface area contributed by atoms with Crippen LogP contribution in [-0.4, -0.2) is 29.9 Å². The van der Waals surface area contributed by atoms with Gasteiger partial charge in [-0.25, -0.2) is 0 Å². The number of anilines is 2. The molecule has 1 aromatic heterocycles. The molecular formula is C23H24N4O2. The van der Waals surface area contributed by atoms with Crippen LogP contribution in [0.5, 0.6) is 0 Å². The van der Waals surface area contributed by atoms with E-state index in [4.69, 9.17) is 5.73 Å². The van der Waals surface area contributed by atoms with E-state index in [0.717, 1.165) is 48.1 Å². The largest absolute Gasteiger partial charge is 0.370 e. The number of nitrogens with one attached hydrogen (secondary N) is 1. The molecule has 2 aromatic carbocycles. The molecule has 6 nitrogen and oxygen atoms in total. The third kappa shape index (κ3) is 4.21. The molecule has 1 fully saturated rings. The maximum Gasteiger partial charge on any atom is 0.248 e. The fourth-order valence-corrected chi connectivity index (χ4v) is 3.88. The standard InChI is InChI=1S/C23H24N4O2/c24-23(29)18-9-10-20(27-12-2-1-3-13-27)19(14-18)26-21(28)15-17-7-4-6-16-8-5-11-25-22(16)17/h4-11,14H,1-3,12-13,15H2,(H2,24,29)(H,26,28). The molecule has 3 N–H and O–H groups in total. The van der Waals surface area contributed by atoms with Gasteiger partial charge in [0.2, 0.25) is 11.8 Å². The van der Waals surface area contributed by atoms with Crippen LogP contribution in [0, 0.1) is 0 Å². The Labute approximate surface area is 169 Å². The summed E-state index contributed by atoms with van der Waals surface area (Å²) >= 11 is 0. The molecule has 1 saturated heterocycles. The Hall–Kier alpha value is -3.41. The number of primary amides is 1. The molecule has 2 amide bonds. The van der Waals surface area contributed by atoms with Gasteiger partial charge in [0, 0.05) is 30.2 Å². The third-order valence-electron chi connectivity index (χ3n) is 5.32. The number of nitrogens with zero attached hydrogens (tertiary/aromatic N) is 2. The predicted molar refractivity (Wildman–Crippen MR) is 115 cm³/mol. The van der Waals surface area contributed by atoms with E-state index >= 15 is 0 Å². The third-order valence-corrected chi connectivity index (χ3v) is 5.32. The second kappa shape index (κ2) is 8.31. The van der Waals surface area contributed by atoms with Gasteiger partial charge in [-0.2, -0.15) is 0 Å². The summed E-state index contributed by atoms with van der Waals surface area (Å²) in [5.74, 6) is -0.660. The molecule has 3 aromatic rings. The van der Waals surface area contributed by atoms with Gasteiger partial charge in [0.05, 0.1) is 23.3 Å². The summed E-state index contributed by atoms with van der Waals surface area (Å²) in [6.07, 6.45) is 5.38. The molecule has 0 atom stereocenters. The molecule has 148 valence electrons. The lowest BCUT2D eigenvalue weighted by Gasteiger charge is -2.30. The number of aromatic nitrogens is 1. The second-order valence-electron chi connectivity index (χ2n) is 7.36. The monoisotopic (exact) mass is 388 g/mol. The Kier molecular flexibility index (Phi) is 5.42. The van der Waals surface area contributed by atoms with E-state index in [2.05, 4.69) is 15.2 Å². The number of hydrogen-bond acceptors (Lipinski definition) is 4. The minimum atomic E-state index is -0.510. The van der Waals surface area contributed by atoms with Gasteiger partial charge in [0.1, 0.15) is 0 Å². The molecule has 4 rings (SSSR count). The van der Waals surface area contributed by atoms with Crippen molar-refractivity contribution in [3.05, 3.63) is 65.9 Å². The number of hydrogen-bond donors (Lipinski definition) is 2. The highest BCUT2D eigenvalue weighted by molar-refractivity contribution is 6.00. The van der Waals surface area contributed by atoms with Crippen molar-refractivity contribution in [2.75, 3.05) is 23.3 Å². The van der Waals surface area contributed by atoms with Crippen LogP contribution >= 0.6 is 0 Å². The van der Waals surface area contributed by atoms with Gasteiger partial charge in [0.15, 0.2) is 0 Å². The SMILES string of the molecule is NC(=O)c1ccc(N2CCCCC2)c(NC(=O)Cc2cccc3cccnc23)c1. The Morgan fingerprint density at radius 2 is 1.83 bits per heavy atom. The number of para-hydroxylation sites is 1. The summed E-state index contributed by atoms with van der Waals surface area (Å²) in [7, 11) is 0. The van der Waals surface area contributed by atoms with Crippen molar-refractivity contribution in [3.8, 4) is 0 Å². The van der Waals surface area contributed by atoms with Crippen LogP contribution in [0.1, 0.15) is 35.2 Å². The van der Waals surface area contributed by atoms with Gasteiger partial charge >= 0.3 is 0 Å². The maximum atomic E-state index is 12.9. The Bertz CT molecular complexity index is 1050. The summed E-state index contributed by atoms with van der Waals surface area (Å²) in [5.41, 5.74) is 9.09. The van der Waals surface area contributed by atoms with Crippen molar-refractivity contribution in [3.63, 3.8) is 0 Å². The van der Waals surface area contributed by atoms with E-state index in [1.54, 1.807) is 18.3 Å². The molecule has 6 heteroatoms. The van der Waals surface area contributed by atoms with Crippen molar-refractivity contribution < 1.29 is 9.59 Å². The highest BCUT2D eigenvalue weighted by Crippen LogP contribution is 2.30. The number of benzene rings is 2. The topological polar surface area (TPSA) is 88.3 Å². The first kappa shape index (κ1) is 18.9. The number of piperidine rings is 1. The molecule has 0 saturated carbocycles. The highest BCUT2D eigenvalue weighted by Gasteiger charge is 2.18. The van der Waals surface area contributed by atoms with Crippen LogP contribution in [-0.2, 0) is 11.2 Å². The zero-order chi connectivity index (χ0) is 20.2. The van der Waals surface area contributed by atoms with Crippen LogP contribution in [0.3, 0.4) is 0 Å². The number of pyridine rings is 1. The molecule has 1 aliphatic rings. The van der Waals surface area contributed by atoms with E-state index in [9.17, 15) is 9.59 Å². The first-order valence-electron chi connectivity index (χ1n) is 9.93. The Morgan fingerprint density at radius 1 is 1.03 bits per heavy atom. The molecule has 0 unspecified atom stereocenters. The van der Waals surface area contributed by atoms with Crippen LogP contribution in [0.4, 0.5) is 11.4 Å².